The van der Waals surface area contributed by atoms with Gasteiger partial charge in [-0.1, -0.05) is 13.8 Å². The van der Waals surface area contributed by atoms with Gasteiger partial charge in [0.15, 0.2) is 0 Å². The van der Waals surface area contributed by atoms with Crippen LogP contribution < -0.4 is 10.1 Å². The van der Waals surface area contributed by atoms with E-state index >= 15 is 0 Å². The minimum absolute atomic E-state index is 0.394. The van der Waals surface area contributed by atoms with E-state index in [1.54, 1.807) is 13.2 Å². The molecular weight excluding hydrogens is 250 g/mol. The zero-order valence-electron chi connectivity index (χ0n) is 12.9. The number of nitrogens with one attached hydrogen (secondary N) is 1. The molecule has 0 spiro atoms. The van der Waals surface area contributed by atoms with E-state index in [4.69, 9.17) is 10.00 Å². The number of hydrogen-bond acceptors (Lipinski definition) is 4. The normalized spacial score (nSPS) is 12.2. The van der Waals surface area contributed by atoms with Crippen LogP contribution in [0.15, 0.2) is 18.2 Å². The molecule has 1 aromatic carbocycles. The van der Waals surface area contributed by atoms with Crippen LogP contribution in [0.25, 0.3) is 0 Å². The van der Waals surface area contributed by atoms with Crippen molar-refractivity contribution in [2.45, 2.75) is 33.4 Å². The zero-order valence-corrected chi connectivity index (χ0v) is 12.9. The highest BCUT2D eigenvalue weighted by molar-refractivity contribution is 5.42. The summed E-state index contributed by atoms with van der Waals surface area (Å²) in [5, 5.41) is 12.5. The van der Waals surface area contributed by atoms with Gasteiger partial charge in [0.25, 0.3) is 0 Å². The van der Waals surface area contributed by atoms with Crippen LogP contribution in [-0.2, 0) is 6.54 Å². The van der Waals surface area contributed by atoms with E-state index in [0.29, 0.717) is 18.2 Å². The lowest BCUT2D eigenvalue weighted by Crippen LogP contribution is -2.38. The van der Waals surface area contributed by atoms with E-state index in [2.05, 4.69) is 37.1 Å². The molecule has 0 aromatic heterocycles. The quantitative estimate of drug-likeness (QED) is 0.791. The molecule has 20 heavy (non-hydrogen) atoms. The van der Waals surface area contributed by atoms with Crippen LogP contribution in [0.2, 0.25) is 0 Å². The Balaban J connectivity index is 2.62. The number of methoxy groups -OCH3 is 1. The van der Waals surface area contributed by atoms with Crippen LogP contribution in [0.4, 0.5) is 0 Å². The van der Waals surface area contributed by atoms with Crippen molar-refractivity contribution in [1.82, 2.24) is 10.2 Å². The molecule has 1 aromatic rings. The molecular formula is C16H25N3O. The second-order valence-corrected chi connectivity index (χ2v) is 4.91. The molecule has 110 valence electrons. The smallest absolute Gasteiger partial charge is 0.123 e. The average molecular weight is 275 g/mol. The fourth-order valence-electron chi connectivity index (χ4n) is 2.20. The Morgan fingerprint density at radius 1 is 1.35 bits per heavy atom. The van der Waals surface area contributed by atoms with Crippen molar-refractivity contribution >= 4 is 0 Å². The van der Waals surface area contributed by atoms with Crippen molar-refractivity contribution in [2.75, 3.05) is 26.7 Å². The highest BCUT2D eigenvalue weighted by Gasteiger charge is 2.09. The lowest BCUT2D eigenvalue weighted by molar-refractivity contribution is 0.270. The maximum Gasteiger partial charge on any atom is 0.123 e. The standard InChI is InChI=1S/C16H25N3O/c1-5-19(6-2)12-13(3)18-11-15-9-14(10-17)7-8-16(15)20-4/h7-9,13,18H,5-6,11-12H2,1-4H3. The molecule has 0 saturated carbocycles. The Hall–Kier alpha value is -1.57. The third-order valence-corrected chi connectivity index (χ3v) is 3.48. The highest BCUT2D eigenvalue weighted by Crippen LogP contribution is 2.19. The Kier molecular flexibility index (Phi) is 7.06. The summed E-state index contributed by atoms with van der Waals surface area (Å²) in [6.07, 6.45) is 0. The van der Waals surface area contributed by atoms with Gasteiger partial charge in [0.2, 0.25) is 0 Å². The first-order valence-corrected chi connectivity index (χ1v) is 7.17. The summed E-state index contributed by atoms with van der Waals surface area (Å²) in [5.74, 6) is 0.825. The largest absolute Gasteiger partial charge is 0.496 e. The maximum absolute atomic E-state index is 8.97. The molecule has 1 unspecified atom stereocenters. The van der Waals surface area contributed by atoms with Crippen LogP contribution in [0.1, 0.15) is 31.9 Å². The fourth-order valence-corrected chi connectivity index (χ4v) is 2.20. The second kappa shape index (κ2) is 8.57. The van der Waals surface area contributed by atoms with Gasteiger partial charge in [-0.05, 0) is 38.2 Å². The number of rotatable bonds is 8. The van der Waals surface area contributed by atoms with Crippen molar-refractivity contribution < 1.29 is 4.74 Å². The number of hydrogen-bond donors (Lipinski definition) is 1. The number of nitrogens with zero attached hydrogens (tertiary/aromatic N) is 2. The van der Waals surface area contributed by atoms with Crippen LogP contribution in [-0.4, -0.2) is 37.7 Å². The lowest BCUT2D eigenvalue weighted by Gasteiger charge is -2.23. The molecule has 4 heteroatoms. The molecule has 4 nitrogen and oxygen atoms in total. The van der Waals surface area contributed by atoms with Crippen LogP contribution in [0.3, 0.4) is 0 Å². The lowest BCUT2D eigenvalue weighted by atomic mass is 10.1. The number of benzene rings is 1. The third-order valence-electron chi connectivity index (χ3n) is 3.48. The summed E-state index contributed by atoms with van der Waals surface area (Å²) < 4.78 is 5.34. The van der Waals surface area contributed by atoms with Gasteiger partial charge in [0.05, 0.1) is 18.7 Å². The first kappa shape index (κ1) is 16.5. The molecule has 0 aliphatic heterocycles. The van der Waals surface area contributed by atoms with Crippen molar-refractivity contribution in [2.24, 2.45) is 0 Å². The van der Waals surface area contributed by atoms with Crippen molar-refractivity contribution in [3.05, 3.63) is 29.3 Å². The first-order chi connectivity index (χ1) is 9.64. The molecule has 0 saturated heterocycles. The van der Waals surface area contributed by atoms with Gasteiger partial charge < -0.3 is 15.0 Å². The monoisotopic (exact) mass is 275 g/mol. The molecule has 0 aliphatic rings. The molecule has 0 radical (unpaired) electrons. The van der Waals surface area contributed by atoms with Crippen molar-refractivity contribution in [1.29, 1.82) is 5.26 Å². The molecule has 1 rings (SSSR count). The summed E-state index contributed by atoms with van der Waals surface area (Å²) in [5.41, 5.74) is 1.69. The molecule has 0 aliphatic carbocycles. The van der Waals surface area contributed by atoms with E-state index in [1.807, 2.05) is 12.1 Å². The van der Waals surface area contributed by atoms with E-state index in [9.17, 15) is 0 Å². The number of ether oxygens (including phenoxy) is 1. The van der Waals surface area contributed by atoms with E-state index < -0.39 is 0 Å². The van der Waals surface area contributed by atoms with Gasteiger partial charge in [-0.3, -0.25) is 0 Å². The Labute approximate surface area is 122 Å². The van der Waals surface area contributed by atoms with Gasteiger partial charge in [0, 0.05) is 24.7 Å². The van der Waals surface area contributed by atoms with Gasteiger partial charge in [-0.2, -0.15) is 5.26 Å². The molecule has 1 N–H and O–H groups in total. The first-order valence-electron chi connectivity index (χ1n) is 7.17. The summed E-state index contributed by atoms with van der Waals surface area (Å²) >= 11 is 0. The summed E-state index contributed by atoms with van der Waals surface area (Å²) in [4.78, 5) is 2.39. The zero-order chi connectivity index (χ0) is 15.0. The molecule has 1 atom stereocenters. The average Bonchev–Trinajstić information content (AvgIpc) is 2.50. The second-order valence-electron chi connectivity index (χ2n) is 4.91. The topological polar surface area (TPSA) is 48.3 Å². The molecule has 0 fully saturated rings. The maximum atomic E-state index is 8.97. The Bertz CT molecular complexity index is 450. The predicted octanol–water partition coefficient (Wildman–Crippen LogP) is 2.39. The summed E-state index contributed by atoms with van der Waals surface area (Å²) in [6.45, 7) is 10.4. The minimum atomic E-state index is 0.394. The van der Waals surface area contributed by atoms with Gasteiger partial charge in [0.1, 0.15) is 5.75 Å². The molecule has 0 bridgehead atoms. The number of nitriles is 1. The van der Waals surface area contributed by atoms with E-state index in [0.717, 1.165) is 30.9 Å². The Morgan fingerprint density at radius 3 is 2.60 bits per heavy atom. The SMILES string of the molecule is CCN(CC)CC(C)NCc1cc(C#N)ccc1OC. The highest BCUT2D eigenvalue weighted by atomic mass is 16.5. The van der Waals surface area contributed by atoms with Crippen molar-refractivity contribution in [3.8, 4) is 11.8 Å². The fraction of sp³-hybridized carbons (Fsp3) is 0.562. The molecule has 0 amide bonds. The van der Waals surface area contributed by atoms with Crippen LogP contribution >= 0.6 is 0 Å². The Morgan fingerprint density at radius 2 is 2.05 bits per heavy atom. The van der Waals surface area contributed by atoms with Gasteiger partial charge >= 0.3 is 0 Å². The van der Waals surface area contributed by atoms with Crippen LogP contribution in [0, 0.1) is 11.3 Å². The predicted molar refractivity (Wildman–Crippen MR) is 81.8 cm³/mol. The third kappa shape index (κ3) is 4.84. The van der Waals surface area contributed by atoms with Gasteiger partial charge in [-0.15, -0.1) is 0 Å². The van der Waals surface area contributed by atoms with Crippen molar-refractivity contribution in [3.63, 3.8) is 0 Å². The molecule has 0 heterocycles. The van der Waals surface area contributed by atoms with E-state index in [-0.39, 0.29) is 0 Å². The van der Waals surface area contributed by atoms with Crippen LogP contribution in [0.5, 0.6) is 5.75 Å². The summed E-state index contributed by atoms with van der Waals surface area (Å²) in [7, 11) is 1.66. The summed E-state index contributed by atoms with van der Waals surface area (Å²) in [6, 6.07) is 8.08. The van der Waals surface area contributed by atoms with E-state index in [1.165, 1.54) is 0 Å². The minimum Gasteiger partial charge on any atom is -0.496 e. The number of likely N-dealkylation sites (N-methyl/N-ethyl adjacent to an activating group) is 1. The van der Waals surface area contributed by atoms with Gasteiger partial charge in [-0.25, -0.2) is 0 Å².